The molecule has 0 N–H and O–H groups in total. The van der Waals surface area contributed by atoms with Gasteiger partial charge in [0.2, 0.25) is 0 Å². The Labute approximate surface area is 317 Å². The molecule has 0 unspecified atom stereocenters. The van der Waals surface area contributed by atoms with Crippen molar-refractivity contribution in [3.63, 3.8) is 0 Å². The van der Waals surface area contributed by atoms with Gasteiger partial charge in [-0.25, -0.2) is 9.59 Å². The van der Waals surface area contributed by atoms with Gasteiger partial charge in [-0.2, -0.15) is 0 Å². The monoisotopic (exact) mass is 726 g/mol. The molecule has 0 atom stereocenters. The lowest BCUT2D eigenvalue weighted by Gasteiger charge is -2.20. The molecule has 0 saturated carbocycles. The van der Waals surface area contributed by atoms with Crippen LogP contribution in [0.1, 0.15) is 59.5 Å². The lowest BCUT2D eigenvalue weighted by atomic mass is 10.1. The molecule has 0 bridgehead atoms. The highest BCUT2D eigenvalue weighted by Gasteiger charge is 2.23. The number of ether oxygens (including phenoxy) is 4. The first-order chi connectivity index (χ1) is 26.3. The fraction of sp³-hybridized carbons (Fsp3) is 0.227. The standard InChI is InChI=1S/C44H46N4O6/c1-7-47(8-2)35-21-15-31(16-22-35)29-45-33-19-25-39(51-5)41(27-33)53-43(49)37-13-11-12-14-38(37)44(50)54-42-28-34(20-26-40(42)52-6)46-30-32-17-23-36(24-18-32)48(9-3)10-4/h11-30H,7-10H2,1-6H3. The summed E-state index contributed by atoms with van der Waals surface area (Å²) >= 11 is 0. The highest BCUT2D eigenvalue weighted by Crippen LogP contribution is 2.34. The first-order valence-corrected chi connectivity index (χ1v) is 18.0. The van der Waals surface area contributed by atoms with Crippen LogP contribution >= 0.6 is 0 Å². The predicted molar refractivity (Wildman–Crippen MR) is 217 cm³/mol. The van der Waals surface area contributed by atoms with E-state index in [9.17, 15) is 9.59 Å². The highest BCUT2D eigenvalue weighted by molar-refractivity contribution is 6.04. The molecule has 0 amide bonds. The van der Waals surface area contributed by atoms with Crippen LogP contribution in [0.15, 0.2) is 119 Å². The number of hydrogen-bond acceptors (Lipinski definition) is 10. The van der Waals surface area contributed by atoms with Gasteiger partial charge in [0.1, 0.15) is 0 Å². The second kappa shape index (κ2) is 18.9. The minimum absolute atomic E-state index is 0.00745. The summed E-state index contributed by atoms with van der Waals surface area (Å²) in [7, 11) is 2.96. The second-order valence-electron chi connectivity index (χ2n) is 12.0. The van der Waals surface area contributed by atoms with Crippen molar-refractivity contribution in [2.45, 2.75) is 27.7 Å². The van der Waals surface area contributed by atoms with E-state index in [1.54, 1.807) is 61.0 Å². The molecule has 5 aromatic rings. The number of carbonyl (C=O) groups is 2. The van der Waals surface area contributed by atoms with Crippen LogP contribution in [0.5, 0.6) is 23.0 Å². The summed E-state index contributed by atoms with van der Waals surface area (Å²) in [6.07, 6.45) is 3.48. The first-order valence-electron chi connectivity index (χ1n) is 18.0. The highest BCUT2D eigenvalue weighted by atomic mass is 16.6. The normalized spacial score (nSPS) is 11.1. The van der Waals surface area contributed by atoms with Crippen molar-refractivity contribution in [1.82, 2.24) is 0 Å². The van der Waals surface area contributed by atoms with Crippen molar-refractivity contribution in [3.05, 3.63) is 131 Å². The first kappa shape index (κ1) is 38.8. The minimum Gasteiger partial charge on any atom is -0.493 e. The summed E-state index contributed by atoms with van der Waals surface area (Å²) in [5, 5.41) is 0. The van der Waals surface area contributed by atoms with Crippen molar-refractivity contribution in [3.8, 4) is 23.0 Å². The Kier molecular flexibility index (Phi) is 13.6. The lowest BCUT2D eigenvalue weighted by molar-refractivity contribution is 0.0687. The average molecular weight is 727 g/mol. The van der Waals surface area contributed by atoms with E-state index < -0.39 is 11.9 Å². The summed E-state index contributed by atoms with van der Waals surface area (Å²) in [5.74, 6) is -0.599. The zero-order valence-corrected chi connectivity index (χ0v) is 31.6. The Hall–Kier alpha value is -6.42. The molecule has 0 aliphatic carbocycles. The van der Waals surface area contributed by atoms with Crippen LogP contribution in [-0.4, -0.2) is 64.8 Å². The van der Waals surface area contributed by atoms with Crippen LogP contribution in [0.4, 0.5) is 22.7 Å². The zero-order valence-electron chi connectivity index (χ0n) is 31.6. The lowest BCUT2D eigenvalue weighted by Crippen LogP contribution is -2.21. The maximum Gasteiger partial charge on any atom is 0.344 e. The van der Waals surface area contributed by atoms with Crippen molar-refractivity contribution in [1.29, 1.82) is 0 Å². The fourth-order valence-electron chi connectivity index (χ4n) is 5.82. The van der Waals surface area contributed by atoms with Gasteiger partial charge in [0, 0.05) is 62.1 Å². The van der Waals surface area contributed by atoms with Gasteiger partial charge in [-0.05, 0) is 99.5 Å². The van der Waals surface area contributed by atoms with Crippen LogP contribution in [0.2, 0.25) is 0 Å². The molecule has 278 valence electrons. The van der Waals surface area contributed by atoms with E-state index in [0.29, 0.717) is 22.9 Å². The Morgan fingerprint density at radius 1 is 0.519 bits per heavy atom. The number of carbonyl (C=O) groups excluding carboxylic acids is 2. The summed E-state index contributed by atoms with van der Waals surface area (Å²) in [6, 6.07) is 32.6. The van der Waals surface area contributed by atoms with Gasteiger partial charge in [0.25, 0.3) is 0 Å². The summed E-state index contributed by atoms with van der Waals surface area (Å²) in [5.41, 5.74) is 5.23. The summed E-state index contributed by atoms with van der Waals surface area (Å²) in [4.78, 5) is 40.9. The third-order valence-corrected chi connectivity index (χ3v) is 8.84. The molecule has 10 heteroatoms. The number of aliphatic imine (C=N–C) groups is 2. The molecule has 0 aromatic heterocycles. The molecular formula is C44H46N4O6. The summed E-state index contributed by atoms with van der Waals surface area (Å²) < 4.78 is 22.5. The Bertz CT molecular complexity index is 1940. The molecule has 0 radical (unpaired) electrons. The minimum atomic E-state index is -0.772. The van der Waals surface area contributed by atoms with Crippen LogP contribution in [0, 0.1) is 0 Å². The Morgan fingerprint density at radius 3 is 1.22 bits per heavy atom. The van der Waals surface area contributed by atoms with Gasteiger partial charge < -0.3 is 28.7 Å². The van der Waals surface area contributed by atoms with E-state index >= 15 is 0 Å². The van der Waals surface area contributed by atoms with E-state index in [-0.39, 0.29) is 22.6 Å². The second-order valence-corrected chi connectivity index (χ2v) is 12.0. The van der Waals surface area contributed by atoms with Crippen molar-refractivity contribution in [2.75, 3.05) is 50.2 Å². The zero-order chi connectivity index (χ0) is 38.5. The van der Waals surface area contributed by atoms with E-state index in [2.05, 4.69) is 71.7 Å². The number of benzene rings is 5. The maximum atomic E-state index is 13.6. The molecule has 0 fully saturated rings. The smallest absolute Gasteiger partial charge is 0.344 e. The Morgan fingerprint density at radius 2 is 0.889 bits per heavy atom. The largest absolute Gasteiger partial charge is 0.493 e. The van der Waals surface area contributed by atoms with E-state index in [1.165, 1.54) is 26.4 Å². The molecule has 5 aromatic carbocycles. The van der Waals surface area contributed by atoms with Crippen LogP contribution in [0.25, 0.3) is 0 Å². The predicted octanol–water partition coefficient (Wildman–Crippen LogP) is 9.34. The van der Waals surface area contributed by atoms with Crippen LogP contribution < -0.4 is 28.7 Å². The molecular weight excluding hydrogens is 681 g/mol. The Balaban J connectivity index is 1.31. The van der Waals surface area contributed by atoms with Crippen LogP contribution in [0.3, 0.4) is 0 Å². The molecule has 54 heavy (non-hydrogen) atoms. The van der Waals surface area contributed by atoms with Crippen LogP contribution in [-0.2, 0) is 0 Å². The molecule has 10 nitrogen and oxygen atoms in total. The molecule has 5 rings (SSSR count). The number of nitrogens with zero attached hydrogens (tertiary/aromatic N) is 4. The van der Waals surface area contributed by atoms with E-state index in [1.807, 2.05) is 24.3 Å². The van der Waals surface area contributed by atoms with Gasteiger partial charge >= 0.3 is 11.9 Å². The molecule has 0 aliphatic heterocycles. The SMILES string of the molecule is CCN(CC)c1ccc(C=Nc2ccc(OC)c(OC(=O)c3ccccc3C(=O)Oc3cc(N=Cc4ccc(N(CC)CC)cc4)ccc3OC)c2)cc1. The molecule has 0 aliphatic rings. The number of methoxy groups -OCH3 is 2. The van der Waals surface area contributed by atoms with Gasteiger partial charge in [0.15, 0.2) is 23.0 Å². The van der Waals surface area contributed by atoms with E-state index in [0.717, 1.165) is 48.7 Å². The van der Waals surface area contributed by atoms with Gasteiger partial charge in [-0.3, -0.25) is 9.98 Å². The average Bonchev–Trinajstić information content (AvgIpc) is 3.21. The van der Waals surface area contributed by atoms with Gasteiger partial charge in [-0.15, -0.1) is 0 Å². The summed E-state index contributed by atoms with van der Waals surface area (Å²) in [6.45, 7) is 12.2. The third kappa shape index (κ3) is 9.71. The van der Waals surface area contributed by atoms with Gasteiger partial charge in [0.05, 0.1) is 36.7 Å². The van der Waals surface area contributed by atoms with Crippen molar-refractivity contribution in [2.24, 2.45) is 9.98 Å². The molecule has 0 saturated heterocycles. The maximum absolute atomic E-state index is 13.6. The third-order valence-electron chi connectivity index (χ3n) is 8.84. The topological polar surface area (TPSA) is 102 Å². The number of rotatable bonds is 16. The molecule has 0 heterocycles. The van der Waals surface area contributed by atoms with Gasteiger partial charge in [-0.1, -0.05) is 36.4 Å². The number of esters is 2. The molecule has 0 spiro atoms. The van der Waals surface area contributed by atoms with E-state index in [4.69, 9.17) is 18.9 Å². The van der Waals surface area contributed by atoms with Crippen molar-refractivity contribution < 1.29 is 28.5 Å². The number of anilines is 2. The van der Waals surface area contributed by atoms with Crippen molar-refractivity contribution >= 4 is 47.1 Å². The number of hydrogen-bond donors (Lipinski definition) is 0. The quantitative estimate of drug-likeness (QED) is 0.0563. The fourth-order valence-corrected chi connectivity index (χ4v) is 5.82.